The van der Waals surface area contributed by atoms with E-state index in [1.807, 2.05) is 52.6 Å². The van der Waals surface area contributed by atoms with Gasteiger partial charge in [0.25, 0.3) is 0 Å². The molecule has 2 aromatic heterocycles. The Morgan fingerprint density at radius 2 is 1.58 bits per heavy atom. The fourth-order valence-corrected chi connectivity index (χ4v) is 4.20. The molecule has 5 rings (SSSR count). The Bertz CT molecular complexity index is 1480. The van der Waals surface area contributed by atoms with Crippen LogP contribution in [0.1, 0.15) is 17.4 Å². The van der Waals surface area contributed by atoms with Gasteiger partial charge in [-0.05, 0) is 42.0 Å². The number of hydrogen-bond acceptors (Lipinski definition) is 3. The highest BCUT2D eigenvalue weighted by molar-refractivity contribution is 5.94. The van der Waals surface area contributed by atoms with Crippen LogP contribution in [0.15, 0.2) is 90.0 Å². The molecule has 1 N–H and O–H groups in total. The van der Waals surface area contributed by atoms with Crippen LogP contribution in [0.3, 0.4) is 0 Å². The highest BCUT2D eigenvalue weighted by atomic mass is 19.1. The SMILES string of the molecule is Cn1ccnc1[C@H](NC(=O)Cn1c2ccccc2c(=O)c2ccccc21)c1ccc(F)cc1. The molecule has 0 saturated heterocycles. The predicted molar refractivity (Wildman–Crippen MR) is 125 cm³/mol. The topological polar surface area (TPSA) is 68.9 Å². The third-order valence-electron chi connectivity index (χ3n) is 5.81. The van der Waals surface area contributed by atoms with Gasteiger partial charge < -0.3 is 14.5 Å². The van der Waals surface area contributed by atoms with E-state index in [-0.39, 0.29) is 23.7 Å². The number of nitrogens with one attached hydrogen (secondary N) is 1. The highest BCUT2D eigenvalue weighted by Gasteiger charge is 2.22. The Morgan fingerprint density at radius 3 is 2.15 bits per heavy atom. The van der Waals surface area contributed by atoms with E-state index in [4.69, 9.17) is 0 Å². The molecular formula is C26H21FN4O2. The van der Waals surface area contributed by atoms with Gasteiger partial charge in [0, 0.05) is 30.2 Å². The maximum atomic E-state index is 13.5. The number of pyridine rings is 1. The van der Waals surface area contributed by atoms with E-state index in [0.29, 0.717) is 33.2 Å². The normalized spacial score (nSPS) is 12.2. The molecule has 164 valence electrons. The van der Waals surface area contributed by atoms with Crippen LogP contribution in [0.5, 0.6) is 0 Å². The molecule has 7 heteroatoms. The number of rotatable bonds is 5. The first kappa shape index (κ1) is 20.6. The maximum Gasteiger partial charge on any atom is 0.240 e. The summed E-state index contributed by atoms with van der Waals surface area (Å²) in [6.07, 6.45) is 3.45. The number of benzene rings is 3. The van der Waals surface area contributed by atoms with E-state index in [0.717, 1.165) is 0 Å². The fourth-order valence-electron chi connectivity index (χ4n) is 4.20. The number of carbonyl (C=O) groups is 1. The number of hydrogen-bond donors (Lipinski definition) is 1. The van der Waals surface area contributed by atoms with Crippen LogP contribution in [0, 0.1) is 5.82 Å². The average molecular weight is 440 g/mol. The number of nitrogens with zero attached hydrogens (tertiary/aromatic N) is 3. The molecule has 3 aromatic carbocycles. The Kier molecular flexibility index (Phi) is 5.22. The zero-order chi connectivity index (χ0) is 22.9. The summed E-state index contributed by atoms with van der Waals surface area (Å²) >= 11 is 0. The first-order chi connectivity index (χ1) is 16.0. The maximum absolute atomic E-state index is 13.5. The van der Waals surface area contributed by atoms with Gasteiger partial charge in [-0.3, -0.25) is 9.59 Å². The van der Waals surface area contributed by atoms with Crippen molar-refractivity contribution in [3.05, 3.63) is 113 Å². The number of aryl methyl sites for hydroxylation is 1. The van der Waals surface area contributed by atoms with Crippen molar-refractivity contribution in [2.24, 2.45) is 7.05 Å². The van der Waals surface area contributed by atoms with Gasteiger partial charge in [0.15, 0.2) is 5.43 Å². The summed E-state index contributed by atoms with van der Waals surface area (Å²) in [5.74, 6) is 0.0192. The first-order valence-corrected chi connectivity index (χ1v) is 10.6. The Morgan fingerprint density at radius 1 is 0.970 bits per heavy atom. The van der Waals surface area contributed by atoms with Gasteiger partial charge in [-0.2, -0.15) is 0 Å². The van der Waals surface area contributed by atoms with Crippen molar-refractivity contribution in [3.8, 4) is 0 Å². The zero-order valence-corrected chi connectivity index (χ0v) is 17.9. The number of fused-ring (bicyclic) bond motifs is 2. The van der Waals surface area contributed by atoms with Gasteiger partial charge in [0.2, 0.25) is 5.91 Å². The van der Waals surface area contributed by atoms with Crippen molar-refractivity contribution < 1.29 is 9.18 Å². The number of para-hydroxylation sites is 2. The molecule has 0 aliphatic heterocycles. The van der Waals surface area contributed by atoms with E-state index in [1.54, 1.807) is 36.7 Å². The van der Waals surface area contributed by atoms with Crippen LogP contribution in [0.25, 0.3) is 21.8 Å². The molecule has 0 aliphatic carbocycles. The average Bonchev–Trinajstić information content (AvgIpc) is 3.26. The summed E-state index contributed by atoms with van der Waals surface area (Å²) in [4.78, 5) is 30.7. The third-order valence-corrected chi connectivity index (χ3v) is 5.81. The second-order valence-corrected chi connectivity index (χ2v) is 7.90. The van der Waals surface area contributed by atoms with Crippen LogP contribution in [0.4, 0.5) is 4.39 Å². The lowest BCUT2D eigenvalue weighted by Gasteiger charge is -2.21. The fraction of sp³-hybridized carbons (Fsp3) is 0.115. The van der Waals surface area contributed by atoms with Gasteiger partial charge in [-0.1, -0.05) is 36.4 Å². The minimum Gasteiger partial charge on any atom is -0.341 e. The van der Waals surface area contributed by atoms with Crippen molar-refractivity contribution in [1.29, 1.82) is 0 Å². The lowest BCUT2D eigenvalue weighted by Crippen LogP contribution is -2.34. The van der Waals surface area contributed by atoms with E-state index >= 15 is 0 Å². The molecule has 0 spiro atoms. The molecule has 5 aromatic rings. The minimum absolute atomic E-state index is 0.00340. The second kappa shape index (κ2) is 8.35. The van der Waals surface area contributed by atoms with Crippen LogP contribution < -0.4 is 10.7 Å². The van der Waals surface area contributed by atoms with Gasteiger partial charge in [0.05, 0.1) is 11.0 Å². The summed E-state index contributed by atoms with van der Waals surface area (Å²) in [5.41, 5.74) is 2.03. The smallest absolute Gasteiger partial charge is 0.240 e. The molecule has 33 heavy (non-hydrogen) atoms. The van der Waals surface area contributed by atoms with Gasteiger partial charge in [-0.15, -0.1) is 0 Å². The van der Waals surface area contributed by atoms with Crippen LogP contribution in [-0.4, -0.2) is 20.0 Å². The first-order valence-electron chi connectivity index (χ1n) is 10.6. The van der Waals surface area contributed by atoms with E-state index < -0.39 is 6.04 Å². The molecular weight excluding hydrogens is 419 g/mol. The molecule has 0 fully saturated rings. The monoisotopic (exact) mass is 440 g/mol. The minimum atomic E-state index is -0.560. The van der Waals surface area contributed by atoms with Crippen LogP contribution in [-0.2, 0) is 18.4 Å². The molecule has 1 atom stereocenters. The molecule has 2 heterocycles. The summed E-state index contributed by atoms with van der Waals surface area (Å²) in [5, 5.41) is 4.16. The Labute approximate surface area is 188 Å². The highest BCUT2D eigenvalue weighted by Crippen LogP contribution is 2.22. The third kappa shape index (κ3) is 3.78. The summed E-state index contributed by atoms with van der Waals surface area (Å²) in [6, 6.07) is 20.0. The van der Waals surface area contributed by atoms with Gasteiger partial charge in [0.1, 0.15) is 24.2 Å². The molecule has 0 radical (unpaired) electrons. The van der Waals surface area contributed by atoms with E-state index in [2.05, 4.69) is 10.3 Å². The van der Waals surface area contributed by atoms with Gasteiger partial charge >= 0.3 is 0 Å². The van der Waals surface area contributed by atoms with E-state index in [1.165, 1.54) is 12.1 Å². The van der Waals surface area contributed by atoms with Crippen molar-refractivity contribution >= 4 is 27.7 Å². The number of aromatic nitrogens is 3. The Hall–Kier alpha value is -4.26. The molecule has 0 unspecified atom stereocenters. The van der Waals surface area contributed by atoms with Crippen molar-refractivity contribution in [2.75, 3.05) is 0 Å². The zero-order valence-electron chi connectivity index (χ0n) is 17.9. The van der Waals surface area contributed by atoms with E-state index in [9.17, 15) is 14.0 Å². The standard InChI is InChI=1S/C26H21FN4O2/c1-30-15-14-28-26(30)24(17-10-12-18(27)13-11-17)29-23(32)16-31-21-8-4-2-6-19(21)25(33)20-7-3-5-9-22(20)31/h2-15,24H,16H2,1H3,(H,29,32)/t24-/m1/s1. The molecule has 0 bridgehead atoms. The van der Waals surface area contributed by atoms with Gasteiger partial charge in [-0.25, -0.2) is 9.37 Å². The molecule has 0 saturated carbocycles. The number of amides is 1. The molecule has 6 nitrogen and oxygen atoms in total. The Balaban J connectivity index is 1.56. The molecule has 1 amide bonds. The van der Waals surface area contributed by atoms with Crippen LogP contribution >= 0.6 is 0 Å². The van der Waals surface area contributed by atoms with Crippen LogP contribution in [0.2, 0.25) is 0 Å². The number of carbonyl (C=O) groups excluding carboxylic acids is 1. The largest absolute Gasteiger partial charge is 0.341 e. The predicted octanol–water partition coefficient (Wildman–Crippen LogP) is 3.93. The lowest BCUT2D eigenvalue weighted by molar-refractivity contribution is -0.122. The summed E-state index contributed by atoms with van der Waals surface area (Å²) in [6.45, 7) is 0.00340. The van der Waals surface area contributed by atoms with Crippen molar-refractivity contribution in [2.45, 2.75) is 12.6 Å². The number of halogens is 1. The quantitative estimate of drug-likeness (QED) is 0.421. The van der Waals surface area contributed by atoms with Crippen molar-refractivity contribution in [1.82, 2.24) is 19.4 Å². The summed E-state index contributed by atoms with van der Waals surface area (Å²) in [7, 11) is 1.84. The number of imidazole rings is 1. The second-order valence-electron chi connectivity index (χ2n) is 7.90. The lowest BCUT2D eigenvalue weighted by atomic mass is 10.1. The summed E-state index contributed by atoms with van der Waals surface area (Å²) < 4.78 is 17.2. The van der Waals surface area contributed by atoms with Crippen molar-refractivity contribution in [3.63, 3.8) is 0 Å². The molecule has 0 aliphatic rings.